The van der Waals surface area contributed by atoms with Crippen LogP contribution in [0.4, 0.5) is 11.4 Å². The van der Waals surface area contributed by atoms with E-state index in [-0.39, 0.29) is 12.0 Å². The Balaban J connectivity index is 2.46. The largest absolute Gasteiger partial charge is 0.399 e. The molecule has 0 aliphatic rings. The molecule has 5 heteroatoms. The van der Waals surface area contributed by atoms with Gasteiger partial charge in [-0.15, -0.1) is 0 Å². The minimum absolute atomic E-state index is 0.115. The zero-order valence-corrected chi connectivity index (χ0v) is 12.5. The normalized spacial score (nSPS) is 10.6. The Morgan fingerprint density at radius 3 is 2.75 bits per heavy atom. The molecule has 0 unspecified atom stereocenters. The van der Waals surface area contributed by atoms with E-state index in [1.165, 1.54) is 0 Å². The zero-order valence-electron chi connectivity index (χ0n) is 12.5. The molecule has 0 aromatic heterocycles. The molecule has 0 heterocycles. The summed E-state index contributed by atoms with van der Waals surface area (Å²) in [5, 5.41) is 5.89. The van der Waals surface area contributed by atoms with Crippen LogP contribution in [0.15, 0.2) is 18.2 Å². The fraction of sp³-hybridized carbons (Fsp3) is 0.533. The SMILES string of the molecule is CNC(=O)c1ccc(N)cc1NCCCCOC(C)C. The quantitative estimate of drug-likeness (QED) is 0.504. The topological polar surface area (TPSA) is 76.4 Å². The van der Waals surface area contributed by atoms with Gasteiger partial charge >= 0.3 is 0 Å². The third-order valence-electron chi connectivity index (χ3n) is 2.85. The van der Waals surface area contributed by atoms with E-state index >= 15 is 0 Å². The van der Waals surface area contributed by atoms with Crippen LogP contribution in [0.5, 0.6) is 0 Å². The number of unbranched alkanes of at least 4 members (excludes halogenated alkanes) is 1. The van der Waals surface area contributed by atoms with Crippen LogP contribution in [-0.2, 0) is 4.74 Å². The highest BCUT2D eigenvalue weighted by atomic mass is 16.5. The van der Waals surface area contributed by atoms with Crippen LogP contribution in [0.1, 0.15) is 37.0 Å². The highest BCUT2D eigenvalue weighted by Gasteiger charge is 2.09. The van der Waals surface area contributed by atoms with E-state index in [4.69, 9.17) is 10.5 Å². The van der Waals surface area contributed by atoms with Crippen molar-refractivity contribution in [1.29, 1.82) is 0 Å². The van der Waals surface area contributed by atoms with Gasteiger partial charge in [0.25, 0.3) is 5.91 Å². The number of ether oxygens (including phenoxy) is 1. The summed E-state index contributed by atoms with van der Waals surface area (Å²) in [6, 6.07) is 5.25. The summed E-state index contributed by atoms with van der Waals surface area (Å²) < 4.78 is 5.48. The molecular formula is C15H25N3O2. The van der Waals surface area contributed by atoms with E-state index in [9.17, 15) is 4.79 Å². The van der Waals surface area contributed by atoms with Gasteiger partial charge in [-0.2, -0.15) is 0 Å². The van der Waals surface area contributed by atoms with Crippen LogP contribution < -0.4 is 16.4 Å². The predicted octanol–water partition coefficient (Wildman–Crippen LogP) is 2.25. The number of carbonyl (C=O) groups is 1. The summed E-state index contributed by atoms with van der Waals surface area (Å²) in [5.41, 5.74) is 7.79. The van der Waals surface area contributed by atoms with Crippen molar-refractivity contribution in [3.05, 3.63) is 23.8 Å². The van der Waals surface area contributed by atoms with Crippen LogP contribution in [0.3, 0.4) is 0 Å². The van der Waals surface area contributed by atoms with Crippen molar-refractivity contribution in [2.24, 2.45) is 0 Å². The van der Waals surface area contributed by atoms with E-state index in [2.05, 4.69) is 10.6 Å². The molecule has 0 spiro atoms. The maximum absolute atomic E-state index is 11.7. The van der Waals surface area contributed by atoms with E-state index in [0.717, 1.165) is 31.7 Å². The molecule has 1 rings (SSSR count). The van der Waals surface area contributed by atoms with Crippen LogP contribution in [0.25, 0.3) is 0 Å². The number of amides is 1. The van der Waals surface area contributed by atoms with Crippen molar-refractivity contribution in [1.82, 2.24) is 5.32 Å². The molecule has 1 amide bonds. The van der Waals surface area contributed by atoms with Crippen molar-refractivity contribution in [3.63, 3.8) is 0 Å². The average Bonchev–Trinajstić information content (AvgIpc) is 2.41. The second-order valence-electron chi connectivity index (χ2n) is 4.94. The number of hydrogen-bond donors (Lipinski definition) is 3. The molecule has 112 valence electrons. The van der Waals surface area contributed by atoms with Gasteiger partial charge in [0.15, 0.2) is 0 Å². The number of carbonyl (C=O) groups excluding carboxylic acids is 1. The molecule has 0 aliphatic heterocycles. The van der Waals surface area contributed by atoms with Crippen molar-refractivity contribution >= 4 is 17.3 Å². The highest BCUT2D eigenvalue weighted by molar-refractivity contribution is 6.00. The Bertz CT molecular complexity index is 433. The molecule has 0 bridgehead atoms. The number of rotatable bonds is 8. The average molecular weight is 279 g/mol. The smallest absolute Gasteiger partial charge is 0.253 e. The van der Waals surface area contributed by atoms with Crippen molar-refractivity contribution < 1.29 is 9.53 Å². The molecule has 5 nitrogen and oxygen atoms in total. The minimum Gasteiger partial charge on any atom is -0.399 e. The first-order chi connectivity index (χ1) is 9.54. The van der Waals surface area contributed by atoms with Gasteiger partial charge in [-0.25, -0.2) is 0 Å². The molecule has 0 atom stereocenters. The van der Waals surface area contributed by atoms with Crippen LogP contribution in [0.2, 0.25) is 0 Å². The molecular weight excluding hydrogens is 254 g/mol. The van der Waals surface area contributed by atoms with Gasteiger partial charge in [0, 0.05) is 31.6 Å². The number of hydrogen-bond acceptors (Lipinski definition) is 4. The van der Waals surface area contributed by atoms with Gasteiger partial charge in [-0.05, 0) is 44.9 Å². The first kappa shape index (κ1) is 16.3. The molecule has 0 saturated heterocycles. The van der Waals surface area contributed by atoms with E-state index in [1.54, 1.807) is 25.2 Å². The molecule has 0 fully saturated rings. The maximum Gasteiger partial charge on any atom is 0.253 e. The monoisotopic (exact) mass is 279 g/mol. The predicted molar refractivity (Wildman–Crippen MR) is 83.1 cm³/mol. The lowest BCUT2D eigenvalue weighted by molar-refractivity contribution is 0.0765. The van der Waals surface area contributed by atoms with E-state index in [0.29, 0.717) is 11.3 Å². The van der Waals surface area contributed by atoms with Gasteiger partial charge < -0.3 is 21.1 Å². The van der Waals surface area contributed by atoms with E-state index < -0.39 is 0 Å². The van der Waals surface area contributed by atoms with Crippen LogP contribution in [-0.4, -0.2) is 32.2 Å². The summed E-state index contributed by atoms with van der Waals surface area (Å²) in [7, 11) is 1.62. The lowest BCUT2D eigenvalue weighted by atomic mass is 10.1. The number of benzene rings is 1. The molecule has 0 saturated carbocycles. The van der Waals surface area contributed by atoms with Gasteiger partial charge in [0.1, 0.15) is 0 Å². The number of nitrogens with one attached hydrogen (secondary N) is 2. The van der Waals surface area contributed by atoms with Gasteiger partial charge in [0.2, 0.25) is 0 Å². The Labute approximate surface area is 120 Å². The first-order valence-electron chi connectivity index (χ1n) is 7.01. The van der Waals surface area contributed by atoms with Crippen LogP contribution in [0, 0.1) is 0 Å². The van der Waals surface area contributed by atoms with Crippen molar-refractivity contribution in [2.45, 2.75) is 32.8 Å². The number of nitrogens with two attached hydrogens (primary N) is 1. The fourth-order valence-electron chi connectivity index (χ4n) is 1.81. The second-order valence-corrected chi connectivity index (χ2v) is 4.94. The standard InChI is InChI=1S/C15H25N3O2/c1-11(2)20-9-5-4-8-18-14-10-12(16)6-7-13(14)15(19)17-3/h6-7,10-11,18H,4-5,8-9,16H2,1-3H3,(H,17,19). The minimum atomic E-state index is -0.115. The van der Waals surface area contributed by atoms with Gasteiger partial charge in [-0.3, -0.25) is 4.79 Å². The summed E-state index contributed by atoms with van der Waals surface area (Å²) in [5.74, 6) is -0.115. The Morgan fingerprint density at radius 2 is 2.10 bits per heavy atom. The summed E-state index contributed by atoms with van der Waals surface area (Å²) in [6.45, 7) is 5.61. The molecule has 1 aromatic rings. The molecule has 4 N–H and O–H groups in total. The summed E-state index contributed by atoms with van der Waals surface area (Å²) in [6.07, 6.45) is 2.24. The summed E-state index contributed by atoms with van der Waals surface area (Å²) >= 11 is 0. The number of anilines is 2. The molecule has 0 radical (unpaired) electrons. The van der Waals surface area contributed by atoms with Crippen molar-refractivity contribution in [3.8, 4) is 0 Å². The third-order valence-corrected chi connectivity index (χ3v) is 2.85. The van der Waals surface area contributed by atoms with Crippen molar-refractivity contribution in [2.75, 3.05) is 31.2 Å². The lowest BCUT2D eigenvalue weighted by Gasteiger charge is -2.12. The zero-order chi connectivity index (χ0) is 15.0. The Morgan fingerprint density at radius 1 is 1.35 bits per heavy atom. The summed E-state index contributed by atoms with van der Waals surface area (Å²) in [4.78, 5) is 11.7. The van der Waals surface area contributed by atoms with Crippen LogP contribution >= 0.6 is 0 Å². The fourth-order valence-corrected chi connectivity index (χ4v) is 1.81. The Hall–Kier alpha value is -1.75. The highest BCUT2D eigenvalue weighted by Crippen LogP contribution is 2.19. The first-order valence-corrected chi connectivity index (χ1v) is 7.01. The molecule has 0 aliphatic carbocycles. The lowest BCUT2D eigenvalue weighted by Crippen LogP contribution is -2.20. The number of nitrogen functional groups attached to an aromatic ring is 1. The molecule has 20 heavy (non-hydrogen) atoms. The van der Waals surface area contributed by atoms with E-state index in [1.807, 2.05) is 13.8 Å². The second kappa shape index (κ2) is 8.43. The third kappa shape index (κ3) is 5.48. The van der Waals surface area contributed by atoms with Gasteiger partial charge in [-0.1, -0.05) is 0 Å². The Kier molecular flexibility index (Phi) is 6.87. The molecule has 1 aromatic carbocycles. The van der Waals surface area contributed by atoms with Gasteiger partial charge in [0.05, 0.1) is 11.7 Å². The maximum atomic E-state index is 11.7.